The van der Waals surface area contributed by atoms with Crippen LogP contribution in [-0.2, 0) is 14.3 Å². The molecule has 1 aromatic rings. The highest BCUT2D eigenvalue weighted by Gasteiger charge is 2.16. The molecule has 0 aliphatic rings. The third-order valence-corrected chi connectivity index (χ3v) is 1.94. The number of benzene rings is 1. The van der Waals surface area contributed by atoms with E-state index in [-0.39, 0.29) is 13.2 Å². The van der Waals surface area contributed by atoms with Crippen molar-refractivity contribution in [3.63, 3.8) is 0 Å². The van der Waals surface area contributed by atoms with Crippen molar-refractivity contribution >= 4 is 11.8 Å². The van der Waals surface area contributed by atoms with Gasteiger partial charge in [-0.3, -0.25) is 4.79 Å². The summed E-state index contributed by atoms with van der Waals surface area (Å²) in [5, 5.41) is 0. The van der Waals surface area contributed by atoms with Crippen LogP contribution in [0.5, 0.6) is 0 Å². The molecule has 17 heavy (non-hydrogen) atoms. The van der Waals surface area contributed by atoms with Crippen LogP contribution < -0.4 is 5.73 Å². The number of nitrogens with two attached hydrogens (primary N) is 1. The van der Waals surface area contributed by atoms with Gasteiger partial charge in [-0.2, -0.15) is 0 Å². The van der Waals surface area contributed by atoms with E-state index in [0.717, 1.165) is 0 Å². The highest BCUT2D eigenvalue weighted by Crippen LogP contribution is 2.01. The van der Waals surface area contributed by atoms with Gasteiger partial charge in [0.1, 0.15) is 6.61 Å². The van der Waals surface area contributed by atoms with Crippen LogP contribution >= 0.6 is 0 Å². The van der Waals surface area contributed by atoms with Crippen LogP contribution in [0, 0.1) is 0 Å². The third kappa shape index (κ3) is 4.76. The lowest BCUT2D eigenvalue weighted by atomic mass is 10.1. The van der Waals surface area contributed by atoms with E-state index in [1.54, 1.807) is 30.3 Å². The molecule has 1 rings (SSSR count). The molecule has 0 saturated carbocycles. The molecular formula is C12H15NO4. The maximum atomic E-state index is 11.5. The molecule has 92 valence electrons. The standard InChI is InChI=1S/C12H15NO4/c13-6-7-16-8-9-17-12(15)11(14)10-4-2-1-3-5-10/h1-5H,6-9,13H2. The number of ether oxygens (including phenoxy) is 2. The van der Waals surface area contributed by atoms with Gasteiger partial charge < -0.3 is 15.2 Å². The minimum atomic E-state index is -0.868. The molecule has 0 bridgehead atoms. The van der Waals surface area contributed by atoms with Gasteiger partial charge in [0.25, 0.3) is 5.78 Å². The number of hydrogen-bond acceptors (Lipinski definition) is 5. The van der Waals surface area contributed by atoms with Gasteiger partial charge >= 0.3 is 5.97 Å². The fourth-order valence-corrected chi connectivity index (χ4v) is 1.15. The Morgan fingerprint density at radius 2 is 1.76 bits per heavy atom. The second kappa shape index (κ2) is 7.54. The lowest BCUT2D eigenvalue weighted by Gasteiger charge is -2.04. The van der Waals surface area contributed by atoms with Crippen LogP contribution in [0.15, 0.2) is 30.3 Å². The molecule has 5 heteroatoms. The quantitative estimate of drug-likeness (QED) is 0.321. The zero-order valence-corrected chi connectivity index (χ0v) is 9.43. The number of hydrogen-bond donors (Lipinski definition) is 1. The Morgan fingerprint density at radius 3 is 2.41 bits per heavy atom. The van der Waals surface area contributed by atoms with Crippen molar-refractivity contribution in [1.29, 1.82) is 0 Å². The molecule has 0 fully saturated rings. The summed E-state index contributed by atoms with van der Waals surface area (Å²) in [4.78, 5) is 22.9. The summed E-state index contributed by atoms with van der Waals surface area (Å²) in [5.74, 6) is -1.52. The largest absolute Gasteiger partial charge is 0.457 e. The molecule has 0 unspecified atom stereocenters. The SMILES string of the molecule is NCCOCCOC(=O)C(=O)c1ccccc1. The molecule has 5 nitrogen and oxygen atoms in total. The Bertz CT molecular complexity index is 364. The molecule has 0 saturated heterocycles. The van der Waals surface area contributed by atoms with Gasteiger partial charge in [-0.05, 0) is 0 Å². The first-order chi connectivity index (χ1) is 8.25. The topological polar surface area (TPSA) is 78.6 Å². The second-order valence-electron chi connectivity index (χ2n) is 3.23. The van der Waals surface area contributed by atoms with Gasteiger partial charge in [0.2, 0.25) is 0 Å². The van der Waals surface area contributed by atoms with Crippen LogP contribution in [0.1, 0.15) is 10.4 Å². The van der Waals surface area contributed by atoms with Crippen LogP contribution in [-0.4, -0.2) is 38.1 Å². The predicted molar refractivity (Wildman–Crippen MR) is 61.6 cm³/mol. The number of carbonyl (C=O) groups excluding carboxylic acids is 2. The van der Waals surface area contributed by atoms with Crippen molar-refractivity contribution in [2.45, 2.75) is 0 Å². The van der Waals surface area contributed by atoms with E-state index in [4.69, 9.17) is 15.2 Å². The molecule has 2 N–H and O–H groups in total. The molecule has 0 aliphatic carbocycles. The molecule has 0 amide bonds. The van der Waals surface area contributed by atoms with Crippen LogP contribution in [0.4, 0.5) is 0 Å². The maximum absolute atomic E-state index is 11.5. The molecule has 1 aromatic carbocycles. The van der Waals surface area contributed by atoms with E-state index >= 15 is 0 Å². The normalized spacial score (nSPS) is 9.94. The number of esters is 1. The minimum absolute atomic E-state index is 0.0530. The van der Waals surface area contributed by atoms with Gasteiger partial charge in [-0.25, -0.2) is 4.79 Å². The van der Waals surface area contributed by atoms with Crippen molar-refractivity contribution in [3.8, 4) is 0 Å². The van der Waals surface area contributed by atoms with Gasteiger partial charge in [0.15, 0.2) is 0 Å². The van der Waals surface area contributed by atoms with Gasteiger partial charge in [0.05, 0.1) is 13.2 Å². The summed E-state index contributed by atoms with van der Waals surface area (Å²) >= 11 is 0. The molecule has 0 radical (unpaired) electrons. The third-order valence-electron chi connectivity index (χ3n) is 1.94. The fraction of sp³-hybridized carbons (Fsp3) is 0.333. The van der Waals surface area contributed by atoms with Gasteiger partial charge in [-0.1, -0.05) is 30.3 Å². The van der Waals surface area contributed by atoms with Crippen molar-refractivity contribution < 1.29 is 19.1 Å². The summed E-state index contributed by atoms with van der Waals surface area (Å²) < 4.78 is 9.76. The molecule has 0 spiro atoms. The zero-order valence-electron chi connectivity index (χ0n) is 9.43. The van der Waals surface area contributed by atoms with E-state index in [0.29, 0.717) is 18.7 Å². The predicted octanol–water partition coefficient (Wildman–Crippen LogP) is 0.388. The van der Waals surface area contributed by atoms with Crippen LogP contribution in [0.25, 0.3) is 0 Å². The Balaban J connectivity index is 2.31. The number of Topliss-reactive ketones (excluding diaryl/α,β-unsaturated/α-hetero) is 1. The number of carbonyl (C=O) groups is 2. The first-order valence-corrected chi connectivity index (χ1v) is 5.30. The Hall–Kier alpha value is -1.72. The lowest BCUT2D eigenvalue weighted by molar-refractivity contribution is -0.139. The monoisotopic (exact) mass is 237 g/mol. The lowest BCUT2D eigenvalue weighted by Crippen LogP contribution is -2.20. The van der Waals surface area contributed by atoms with E-state index in [9.17, 15) is 9.59 Å². The van der Waals surface area contributed by atoms with E-state index in [2.05, 4.69) is 0 Å². The first kappa shape index (κ1) is 13.3. The fourth-order valence-electron chi connectivity index (χ4n) is 1.15. The van der Waals surface area contributed by atoms with Gasteiger partial charge in [-0.15, -0.1) is 0 Å². The van der Waals surface area contributed by atoms with Crippen molar-refractivity contribution in [2.24, 2.45) is 5.73 Å². The van der Waals surface area contributed by atoms with Crippen molar-refractivity contribution in [1.82, 2.24) is 0 Å². The Kier molecular flexibility index (Phi) is 5.92. The van der Waals surface area contributed by atoms with E-state index in [1.807, 2.05) is 0 Å². The van der Waals surface area contributed by atoms with Crippen molar-refractivity contribution in [2.75, 3.05) is 26.4 Å². The van der Waals surface area contributed by atoms with Gasteiger partial charge in [0, 0.05) is 12.1 Å². The molecule has 0 heterocycles. The molecule has 0 aromatic heterocycles. The number of rotatable bonds is 7. The first-order valence-electron chi connectivity index (χ1n) is 5.30. The summed E-state index contributed by atoms with van der Waals surface area (Å²) in [6.07, 6.45) is 0. The minimum Gasteiger partial charge on any atom is -0.457 e. The zero-order chi connectivity index (χ0) is 12.5. The second-order valence-corrected chi connectivity index (χ2v) is 3.23. The summed E-state index contributed by atoms with van der Waals surface area (Å²) in [6, 6.07) is 8.27. The number of ketones is 1. The van der Waals surface area contributed by atoms with Crippen LogP contribution in [0.3, 0.4) is 0 Å². The molecular weight excluding hydrogens is 222 g/mol. The highest BCUT2D eigenvalue weighted by molar-refractivity contribution is 6.40. The van der Waals surface area contributed by atoms with Crippen molar-refractivity contribution in [3.05, 3.63) is 35.9 Å². The van der Waals surface area contributed by atoms with Crippen LogP contribution in [0.2, 0.25) is 0 Å². The maximum Gasteiger partial charge on any atom is 0.379 e. The smallest absolute Gasteiger partial charge is 0.379 e. The van der Waals surface area contributed by atoms with E-state index in [1.165, 1.54) is 0 Å². The highest BCUT2D eigenvalue weighted by atomic mass is 16.6. The summed E-state index contributed by atoms with van der Waals surface area (Å²) in [6.45, 7) is 1.11. The van der Waals surface area contributed by atoms with E-state index < -0.39 is 11.8 Å². The Labute approximate surface area is 99.5 Å². The average molecular weight is 237 g/mol. The summed E-state index contributed by atoms with van der Waals surface area (Å²) in [7, 11) is 0. The Morgan fingerprint density at radius 1 is 1.06 bits per heavy atom. The average Bonchev–Trinajstić information content (AvgIpc) is 2.38. The summed E-state index contributed by atoms with van der Waals surface area (Å²) in [5.41, 5.74) is 5.53. The molecule has 0 aliphatic heterocycles. The molecule has 0 atom stereocenters.